The summed E-state index contributed by atoms with van der Waals surface area (Å²) in [5.74, 6) is 1.23. The Morgan fingerprint density at radius 1 is 1.33 bits per heavy atom. The number of carbonyl (C=O) groups excluding carboxylic acids is 1. The van der Waals surface area contributed by atoms with Gasteiger partial charge in [0.15, 0.2) is 0 Å². The van der Waals surface area contributed by atoms with E-state index in [9.17, 15) is 4.79 Å². The number of nitrogens with two attached hydrogens (primary N) is 1. The van der Waals surface area contributed by atoms with Gasteiger partial charge in [-0.3, -0.25) is 9.78 Å². The Morgan fingerprint density at radius 2 is 1.94 bits per heavy atom. The molecule has 1 fully saturated rings. The van der Waals surface area contributed by atoms with Crippen LogP contribution in [0.3, 0.4) is 0 Å². The van der Waals surface area contributed by atoms with Gasteiger partial charge in [0, 0.05) is 30.8 Å². The minimum absolute atomic E-state index is 0.244. The van der Waals surface area contributed by atoms with Crippen LogP contribution >= 0.6 is 0 Å². The van der Waals surface area contributed by atoms with Crippen molar-refractivity contribution >= 4 is 5.78 Å². The van der Waals surface area contributed by atoms with Crippen LogP contribution < -0.4 is 5.73 Å². The van der Waals surface area contributed by atoms with E-state index in [0.29, 0.717) is 18.1 Å². The maximum Gasteiger partial charge on any atom is 0.140 e. The lowest BCUT2D eigenvalue weighted by molar-refractivity contribution is -0.123. The predicted molar refractivity (Wildman–Crippen MR) is 72.0 cm³/mol. The van der Waals surface area contributed by atoms with Crippen molar-refractivity contribution in [3.8, 4) is 0 Å². The molecule has 98 valence electrons. The molecule has 3 nitrogen and oxygen atoms in total. The Bertz CT molecular complexity index is 381. The molecular formula is C15H22N2O. The van der Waals surface area contributed by atoms with E-state index in [2.05, 4.69) is 11.9 Å². The minimum Gasteiger partial charge on any atom is -0.328 e. The number of pyridine rings is 1. The molecule has 1 aromatic rings. The van der Waals surface area contributed by atoms with Gasteiger partial charge in [-0.1, -0.05) is 0 Å². The summed E-state index contributed by atoms with van der Waals surface area (Å²) < 4.78 is 0. The fourth-order valence-electron chi connectivity index (χ4n) is 2.81. The van der Waals surface area contributed by atoms with Gasteiger partial charge in [0.05, 0.1) is 0 Å². The van der Waals surface area contributed by atoms with Gasteiger partial charge in [-0.2, -0.15) is 0 Å². The highest BCUT2D eigenvalue weighted by Crippen LogP contribution is 2.31. The molecule has 1 saturated carbocycles. The molecule has 1 aromatic heterocycles. The first-order valence-corrected chi connectivity index (χ1v) is 6.84. The van der Waals surface area contributed by atoms with Crippen LogP contribution in [0.15, 0.2) is 24.5 Å². The van der Waals surface area contributed by atoms with Crippen molar-refractivity contribution in [2.24, 2.45) is 17.6 Å². The summed E-state index contributed by atoms with van der Waals surface area (Å²) in [4.78, 5) is 16.2. The van der Waals surface area contributed by atoms with Gasteiger partial charge < -0.3 is 5.73 Å². The molecule has 1 atom stereocenters. The quantitative estimate of drug-likeness (QED) is 0.887. The van der Waals surface area contributed by atoms with Crippen molar-refractivity contribution in [3.05, 3.63) is 30.1 Å². The van der Waals surface area contributed by atoms with E-state index in [1.165, 1.54) is 0 Å². The van der Waals surface area contributed by atoms with E-state index >= 15 is 0 Å². The number of hydrogen-bond donors (Lipinski definition) is 1. The summed E-state index contributed by atoms with van der Waals surface area (Å²) in [5.41, 5.74) is 6.99. The van der Waals surface area contributed by atoms with Crippen LogP contribution in [0, 0.1) is 11.8 Å². The number of aromatic nitrogens is 1. The fraction of sp³-hybridized carbons (Fsp3) is 0.600. The summed E-state index contributed by atoms with van der Waals surface area (Å²) in [6.45, 7) is 2.07. The molecule has 1 heterocycles. The van der Waals surface area contributed by atoms with E-state index in [1.807, 2.05) is 12.1 Å². The average Bonchev–Trinajstić information content (AvgIpc) is 2.40. The summed E-state index contributed by atoms with van der Waals surface area (Å²) in [6.07, 6.45) is 8.27. The number of ketones is 1. The first kappa shape index (κ1) is 13.2. The normalized spacial score (nSPS) is 25.7. The molecular weight excluding hydrogens is 224 g/mol. The van der Waals surface area contributed by atoms with E-state index in [0.717, 1.165) is 31.2 Å². The molecule has 18 heavy (non-hydrogen) atoms. The molecule has 1 aliphatic rings. The van der Waals surface area contributed by atoms with Crippen molar-refractivity contribution in [2.45, 2.75) is 45.1 Å². The van der Waals surface area contributed by atoms with Crippen molar-refractivity contribution in [1.82, 2.24) is 4.98 Å². The molecule has 0 bridgehead atoms. The lowest BCUT2D eigenvalue weighted by Crippen LogP contribution is -2.32. The van der Waals surface area contributed by atoms with Crippen LogP contribution in [-0.4, -0.2) is 16.8 Å². The zero-order valence-electron chi connectivity index (χ0n) is 11.0. The second kappa shape index (κ2) is 6.10. The maximum atomic E-state index is 12.2. The molecule has 0 radical (unpaired) electrons. The van der Waals surface area contributed by atoms with Crippen molar-refractivity contribution in [2.75, 3.05) is 0 Å². The molecule has 2 rings (SSSR count). The Morgan fingerprint density at radius 3 is 2.50 bits per heavy atom. The highest BCUT2D eigenvalue weighted by Gasteiger charge is 2.27. The fourth-order valence-corrected chi connectivity index (χ4v) is 2.81. The molecule has 0 saturated heterocycles. The zero-order chi connectivity index (χ0) is 13.0. The number of hydrogen-bond acceptors (Lipinski definition) is 3. The standard InChI is InChI=1S/C15H22N2O/c1-11(16)13-2-4-14(5-3-13)15(18)10-12-6-8-17-9-7-12/h6-9,11,13-14H,2-5,10,16H2,1H3/t11-,13?,14?/m0/s1. The minimum atomic E-state index is 0.244. The molecule has 0 spiro atoms. The second-order valence-corrected chi connectivity index (χ2v) is 5.47. The molecule has 3 heteroatoms. The number of nitrogens with zero attached hydrogens (tertiary/aromatic N) is 1. The Labute approximate surface area is 109 Å². The van der Waals surface area contributed by atoms with E-state index in [-0.39, 0.29) is 12.0 Å². The number of carbonyl (C=O) groups is 1. The Hall–Kier alpha value is -1.22. The molecule has 1 aliphatic carbocycles. The molecule has 0 unspecified atom stereocenters. The lowest BCUT2D eigenvalue weighted by Gasteiger charge is -2.29. The highest BCUT2D eigenvalue weighted by atomic mass is 16.1. The predicted octanol–water partition coefficient (Wildman–Crippen LogP) is 2.35. The maximum absolute atomic E-state index is 12.2. The molecule has 0 aliphatic heterocycles. The number of rotatable bonds is 4. The van der Waals surface area contributed by atoms with Crippen LogP contribution in [-0.2, 0) is 11.2 Å². The largest absolute Gasteiger partial charge is 0.328 e. The van der Waals surface area contributed by atoms with Gasteiger partial charge >= 0.3 is 0 Å². The third kappa shape index (κ3) is 3.39. The topological polar surface area (TPSA) is 56.0 Å². The van der Waals surface area contributed by atoms with Gasteiger partial charge in [-0.15, -0.1) is 0 Å². The average molecular weight is 246 g/mol. The smallest absolute Gasteiger partial charge is 0.140 e. The van der Waals surface area contributed by atoms with Crippen LogP contribution in [0.4, 0.5) is 0 Å². The lowest BCUT2D eigenvalue weighted by atomic mass is 9.77. The van der Waals surface area contributed by atoms with Gasteiger partial charge in [-0.05, 0) is 56.2 Å². The van der Waals surface area contributed by atoms with E-state index < -0.39 is 0 Å². The first-order chi connectivity index (χ1) is 8.66. The van der Waals surface area contributed by atoms with Crippen molar-refractivity contribution in [1.29, 1.82) is 0 Å². The van der Waals surface area contributed by atoms with Crippen molar-refractivity contribution in [3.63, 3.8) is 0 Å². The Balaban J connectivity index is 1.85. The van der Waals surface area contributed by atoms with E-state index in [1.54, 1.807) is 12.4 Å². The van der Waals surface area contributed by atoms with Crippen LogP contribution in [0.1, 0.15) is 38.2 Å². The summed E-state index contributed by atoms with van der Waals surface area (Å²) in [6, 6.07) is 4.11. The SMILES string of the molecule is C[C@H](N)C1CCC(C(=O)Cc2ccncc2)CC1. The first-order valence-electron chi connectivity index (χ1n) is 6.84. The highest BCUT2D eigenvalue weighted by molar-refractivity contribution is 5.83. The number of Topliss-reactive ketones (excluding diaryl/α,β-unsaturated/α-hetero) is 1. The van der Waals surface area contributed by atoms with E-state index in [4.69, 9.17) is 5.73 Å². The molecule has 2 N–H and O–H groups in total. The van der Waals surface area contributed by atoms with Gasteiger partial charge in [-0.25, -0.2) is 0 Å². The summed E-state index contributed by atoms with van der Waals surface area (Å²) >= 11 is 0. The van der Waals surface area contributed by atoms with Crippen LogP contribution in [0.2, 0.25) is 0 Å². The van der Waals surface area contributed by atoms with Gasteiger partial charge in [0.2, 0.25) is 0 Å². The monoisotopic (exact) mass is 246 g/mol. The van der Waals surface area contributed by atoms with Gasteiger partial charge in [0.25, 0.3) is 0 Å². The van der Waals surface area contributed by atoms with Crippen molar-refractivity contribution < 1.29 is 4.79 Å². The second-order valence-electron chi connectivity index (χ2n) is 5.47. The Kier molecular flexibility index (Phi) is 4.48. The van der Waals surface area contributed by atoms with Crippen LogP contribution in [0.5, 0.6) is 0 Å². The summed E-state index contributed by atoms with van der Waals surface area (Å²) in [5, 5.41) is 0. The molecule has 0 aromatic carbocycles. The van der Waals surface area contributed by atoms with Gasteiger partial charge in [0.1, 0.15) is 5.78 Å². The van der Waals surface area contributed by atoms with Crippen LogP contribution in [0.25, 0.3) is 0 Å². The third-order valence-corrected chi connectivity index (χ3v) is 4.10. The third-order valence-electron chi connectivity index (χ3n) is 4.10. The zero-order valence-corrected chi connectivity index (χ0v) is 11.0. The summed E-state index contributed by atoms with van der Waals surface area (Å²) in [7, 11) is 0. The molecule has 0 amide bonds.